The van der Waals surface area contributed by atoms with Crippen LogP contribution in [-0.2, 0) is 27.8 Å². The Labute approximate surface area is 238 Å². The molecule has 3 aromatic carbocycles. The molecule has 2 atom stereocenters. The van der Waals surface area contributed by atoms with Crippen molar-refractivity contribution in [1.29, 1.82) is 0 Å². The number of thiazole rings is 1. The lowest BCUT2D eigenvalue weighted by Crippen LogP contribution is -2.51. The third-order valence-corrected chi connectivity index (χ3v) is 9.19. The second-order valence-corrected chi connectivity index (χ2v) is 12.9. The zero-order chi connectivity index (χ0) is 28.7. The molecular formula is C29H34N4O5S2. The lowest BCUT2D eigenvalue weighted by molar-refractivity contribution is 0.0873. The third-order valence-electron chi connectivity index (χ3n) is 6.25. The van der Waals surface area contributed by atoms with Crippen LogP contribution in [0.4, 0.5) is 9.93 Å². The highest BCUT2D eigenvalue weighted by molar-refractivity contribution is 7.89. The van der Waals surface area contributed by atoms with E-state index in [1.807, 2.05) is 74.5 Å². The van der Waals surface area contributed by atoms with E-state index in [9.17, 15) is 18.3 Å². The van der Waals surface area contributed by atoms with Gasteiger partial charge in [0.15, 0.2) is 5.13 Å². The summed E-state index contributed by atoms with van der Waals surface area (Å²) in [6.07, 6.45) is -1.66. The maximum absolute atomic E-state index is 13.9. The van der Waals surface area contributed by atoms with Crippen molar-refractivity contribution in [2.45, 2.75) is 43.9 Å². The van der Waals surface area contributed by atoms with Crippen LogP contribution < -0.4 is 11.1 Å². The Morgan fingerprint density at radius 2 is 1.65 bits per heavy atom. The molecule has 1 amide bonds. The summed E-state index contributed by atoms with van der Waals surface area (Å²) < 4.78 is 35.0. The van der Waals surface area contributed by atoms with Gasteiger partial charge in [-0.05, 0) is 35.6 Å². The maximum Gasteiger partial charge on any atom is 0.407 e. The van der Waals surface area contributed by atoms with Crippen molar-refractivity contribution < 1.29 is 23.1 Å². The smallest absolute Gasteiger partial charge is 0.407 e. The Morgan fingerprint density at radius 1 is 1.00 bits per heavy atom. The molecule has 4 rings (SSSR count). The number of amides is 1. The molecule has 212 valence electrons. The van der Waals surface area contributed by atoms with Crippen LogP contribution in [0.5, 0.6) is 0 Å². The molecule has 0 fully saturated rings. The first-order chi connectivity index (χ1) is 19.1. The number of benzene rings is 3. The fraction of sp³-hybridized carbons (Fsp3) is 0.310. The van der Waals surface area contributed by atoms with Crippen LogP contribution in [0.2, 0.25) is 0 Å². The van der Waals surface area contributed by atoms with Gasteiger partial charge in [-0.25, -0.2) is 18.2 Å². The van der Waals surface area contributed by atoms with Gasteiger partial charge in [0.25, 0.3) is 0 Å². The molecule has 1 heterocycles. The van der Waals surface area contributed by atoms with Crippen LogP contribution in [0.1, 0.15) is 25.0 Å². The van der Waals surface area contributed by atoms with Crippen molar-refractivity contribution in [3.8, 4) is 0 Å². The van der Waals surface area contributed by atoms with Crippen molar-refractivity contribution in [1.82, 2.24) is 14.6 Å². The van der Waals surface area contributed by atoms with Crippen LogP contribution >= 0.6 is 11.3 Å². The number of ether oxygens (including phenoxy) is 1. The molecule has 1 aromatic heterocycles. The minimum absolute atomic E-state index is 0.0240. The second-order valence-electron chi connectivity index (χ2n) is 9.94. The van der Waals surface area contributed by atoms with E-state index in [2.05, 4.69) is 10.3 Å². The van der Waals surface area contributed by atoms with Gasteiger partial charge in [0.1, 0.15) is 11.5 Å². The molecule has 4 N–H and O–H groups in total. The summed E-state index contributed by atoms with van der Waals surface area (Å²) in [7, 11) is -4.04. The van der Waals surface area contributed by atoms with Gasteiger partial charge in [-0.3, -0.25) is 0 Å². The standard InChI is InChI=1S/C29H34N4O5S2/c1-20(2)17-33(40(36,37)26-15-9-14-23-27(26)39-28(30)31-23)18-25(34)24(16-21-10-5-3-6-11-21)32-29(35)38-19-22-12-7-4-8-13-22/h3-15,20,24-25,34H,16-19H2,1-2H3,(H2,30,31)(H,32,35). The monoisotopic (exact) mass is 582 g/mol. The van der Waals surface area contributed by atoms with Gasteiger partial charge in [0.2, 0.25) is 10.0 Å². The van der Waals surface area contributed by atoms with E-state index in [1.54, 1.807) is 12.1 Å². The van der Waals surface area contributed by atoms with Gasteiger partial charge < -0.3 is 20.9 Å². The average molecular weight is 583 g/mol. The fourth-order valence-electron chi connectivity index (χ4n) is 4.36. The minimum atomic E-state index is -4.04. The predicted octanol–water partition coefficient (Wildman–Crippen LogP) is 4.42. The van der Waals surface area contributed by atoms with Gasteiger partial charge in [-0.1, -0.05) is 91.9 Å². The number of nitrogens with two attached hydrogens (primary N) is 1. The molecule has 0 bridgehead atoms. The lowest BCUT2D eigenvalue weighted by atomic mass is 10.0. The maximum atomic E-state index is 13.9. The van der Waals surface area contributed by atoms with E-state index >= 15 is 0 Å². The second kappa shape index (κ2) is 13.2. The number of fused-ring (bicyclic) bond motifs is 1. The zero-order valence-electron chi connectivity index (χ0n) is 22.4. The topological polar surface area (TPSA) is 135 Å². The highest BCUT2D eigenvalue weighted by Crippen LogP contribution is 2.32. The van der Waals surface area contributed by atoms with Gasteiger partial charge >= 0.3 is 6.09 Å². The average Bonchev–Trinajstić information content (AvgIpc) is 3.32. The number of nitrogens with zero attached hydrogens (tertiary/aromatic N) is 2. The molecule has 2 unspecified atom stereocenters. The van der Waals surface area contributed by atoms with Crippen molar-refractivity contribution in [3.05, 3.63) is 90.0 Å². The van der Waals surface area contributed by atoms with E-state index in [1.165, 1.54) is 10.4 Å². The Bertz CT molecular complexity index is 1510. The van der Waals surface area contributed by atoms with Crippen LogP contribution in [0.15, 0.2) is 83.8 Å². The summed E-state index contributed by atoms with van der Waals surface area (Å²) >= 11 is 1.11. The van der Waals surface area contributed by atoms with E-state index in [0.717, 1.165) is 22.5 Å². The molecule has 0 aliphatic heterocycles. The molecule has 0 radical (unpaired) electrons. The summed E-state index contributed by atoms with van der Waals surface area (Å²) in [6.45, 7) is 3.81. The summed E-state index contributed by atoms with van der Waals surface area (Å²) in [6, 6.07) is 22.7. The van der Waals surface area contributed by atoms with Crippen molar-refractivity contribution in [2.24, 2.45) is 5.92 Å². The Kier molecular flexibility index (Phi) is 9.75. The van der Waals surface area contributed by atoms with E-state index < -0.39 is 28.3 Å². The Balaban J connectivity index is 1.57. The molecule has 9 nitrogen and oxygen atoms in total. The molecule has 0 aliphatic carbocycles. The SMILES string of the molecule is CC(C)CN(CC(O)C(Cc1ccccc1)NC(=O)OCc1ccccc1)S(=O)(=O)c1cccc2nc(N)sc12. The van der Waals surface area contributed by atoms with Gasteiger partial charge in [0.05, 0.1) is 22.4 Å². The molecular weight excluding hydrogens is 548 g/mol. The molecule has 0 spiro atoms. The highest BCUT2D eigenvalue weighted by Gasteiger charge is 2.33. The highest BCUT2D eigenvalue weighted by atomic mass is 32.2. The van der Waals surface area contributed by atoms with Crippen LogP contribution in [0, 0.1) is 5.92 Å². The molecule has 11 heteroatoms. The third kappa shape index (κ3) is 7.57. The minimum Gasteiger partial charge on any atom is -0.445 e. The number of aromatic nitrogens is 1. The van der Waals surface area contributed by atoms with Crippen LogP contribution in [0.3, 0.4) is 0 Å². The summed E-state index contributed by atoms with van der Waals surface area (Å²) in [5.74, 6) is -0.0240. The van der Waals surface area contributed by atoms with E-state index in [4.69, 9.17) is 10.5 Å². The molecule has 0 saturated heterocycles. The Morgan fingerprint density at radius 3 is 2.30 bits per heavy atom. The number of hydrogen-bond acceptors (Lipinski definition) is 8. The number of carbonyl (C=O) groups is 1. The number of aliphatic hydroxyl groups excluding tert-OH is 1. The first-order valence-electron chi connectivity index (χ1n) is 13.0. The van der Waals surface area contributed by atoms with Gasteiger partial charge in [-0.15, -0.1) is 0 Å². The number of nitrogen functional groups attached to an aromatic ring is 1. The van der Waals surface area contributed by atoms with Gasteiger partial charge in [-0.2, -0.15) is 4.31 Å². The first kappa shape index (κ1) is 29.5. The fourth-order valence-corrected chi connectivity index (χ4v) is 7.26. The molecule has 0 aliphatic rings. The van der Waals surface area contributed by atoms with Crippen molar-refractivity contribution >= 4 is 42.8 Å². The lowest BCUT2D eigenvalue weighted by Gasteiger charge is -2.30. The van der Waals surface area contributed by atoms with E-state index in [0.29, 0.717) is 10.2 Å². The zero-order valence-corrected chi connectivity index (χ0v) is 24.1. The van der Waals surface area contributed by atoms with Crippen molar-refractivity contribution in [3.63, 3.8) is 0 Å². The largest absolute Gasteiger partial charge is 0.445 e. The van der Waals surface area contributed by atoms with Crippen LogP contribution in [0.25, 0.3) is 10.2 Å². The first-order valence-corrected chi connectivity index (χ1v) is 15.2. The molecule has 0 saturated carbocycles. The number of sulfonamides is 1. The number of alkyl carbamates (subject to hydrolysis) is 1. The molecule has 40 heavy (non-hydrogen) atoms. The predicted molar refractivity (Wildman–Crippen MR) is 157 cm³/mol. The summed E-state index contributed by atoms with van der Waals surface area (Å²) in [5.41, 5.74) is 8.06. The molecule has 4 aromatic rings. The van der Waals surface area contributed by atoms with Gasteiger partial charge in [0, 0.05) is 13.1 Å². The number of carbonyl (C=O) groups excluding carboxylic acids is 1. The van der Waals surface area contributed by atoms with E-state index in [-0.39, 0.29) is 42.1 Å². The number of anilines is 1. The number of aliphatic hydroxyl groups is 1. The number of rotatable bonds is 12. The Hall–Kier alpha value is -3.51. The summed E-state index contributed by atoms with van der Waals surface area (Å²) in [5, 5.41) is 14.4. The van der Waals surface area contributed by atoms with Crippen LogP contribution in [-0.4, -0.2) is 54.1 Å². The quantitative estimate of drug-likeness (QED) is 0.225. The normalized spacial score (nSPS) is 13.4. The van der Waals surface area contributed by atoms with Crippen molar-refractivity contribution in [2.75, 3.05) is 18.8 Å². The number of hydrogen-bond donors (Lipinski definition) is 3. The number of nitrogens with one attached hydrogen (secondary N) is 1. The summed E-state index contributed by atoms with van der Waals surface area (Å²) in [4.78, 5) is 17.1.